The van der Waals surface area contributed by atoms with Gasteiger partial charge in [-0.25, -0.2) is 0 Å². The van der Waals surface area contributed by atoms with Gasteiger partial charge in [0.15, 0.2) is 11.5 Å². The summed E-state index contributed by atoms with van der Waals surface area (Å²) in [4.78, 5) is 0. The molecule has 0 amide bonds. The number of rotatable bonds is 6. The van der Waals surface area contributed by atoms with Crippen LogP contribution in [-0.2, 0) is 13.0 Å². The second kappa shape index (κ2) is 7.11. The molecule has 3 rings (SSSR count). The molecule has 5 nitrogen and oxygen atoms in total. The molecule has 0 saturated carbocycles. The van der Waals surface area contributed by atoms with Gasteiger partial charge in [0, 0.05) is 24.6 Å². The van der Waals surface area contributed by atoms with E-state index in [1.807, 2.05) is 24.3 Å². The van der Waals surface area contributed by atoms with E-state index in [0.29, 0.717) is 24.5 Å². The molecule has 5 heteroatoms. The highest BCUT2D eigenvalue weighted by Gasteiger charge is 2.30. The molecule has 2 atom stereocenters. The monoisotopic (exact) mass is 329 g/mol. The fourth-order valence-corrected chi connectivity index (χ4v) is 3.27. The highest BCUT2D eigenvalue weighted by atomic mass is 16.5. The Hall–Kier alpha value is -2.24. The topological polar surface area (TPSA) is 60.0 Å². The van der Waals surface area contributed by atoms with Gasteiger partial charge >= 0.3 is 0 Å². The minimum Gasteiger partial charge on any atom is -0.496 e. The maximum absolute atomic E-state index is 10.4. The molecule has 1 aliphatic carbocycles. The van der Waals surface area contributed by atoms with Crippen molar-refractivity contribution in [2.75, 3.05) is 21.3 Å². The van der Waals surface area contributed by atoms with Gasteiger partial charge in [-0.05, 0) is 17.2 Å². The Bertz CT molecular complexity index is 717. The van der Waals surface area contributed by atoms with E-state index in [4.69, 9.17) is 14.2 Å². The Labute approximate surface area is 142 Å². The summed E-state index contributed by atoms with van der Waals surface area (Å²) in [5, 5.41) is 13.8. The predicted molar refractivity (Wildman–Crippen MR) is 91.8 cm³/mol. The summed E-state index contributed by atoms with van der Waals surface area (Å²) in [5.74, 6) is 2.01. The molecule has 0 fully saturated rings. The van der Waals surface area contributed by atoms with Crippen molar-refractivity contribution in [1.29, 1.82) is 0 Å². The molecule has 128 valence electrons. The summed E-state index contributed by atoms with van der Waals surface area (Å²) < 4.78 is 16.1. The van der Waals surface area contributed by atoms with Gasteiger partial charge in [0.05, 0.1) is 33.5 Å². The van der Waals surface area contributed by atoms with Crippen molar-refractivity contribution < 1.29 is 19.3 Å². The molecule has 0 heterocycles. The Kier molecular flexibility index (Phi) is 4.92. The van der Waals surface area contributed by atoms with Gasteiger partial charge in [0.25, 0.3) is 0 Å². The highest BCUT2D eigenvalue weighted by Crippen LogP contribution is 2.36. The lowest BCUT2D eigenvalue weighted by Crippen LogP contribution is -2.28. The average molecular weight is 329 g/mol. The summed E-state index contributed by atoms with van der Waals surface area (Å²) in [5.41, 5.74) is 3.30. The lowest BCUT2D eigenvalue weighted by Gasteiger charge is -2.20. The van der Waals surface area contributed by atoms with Crippen LogP contribution in [0.5, 0.6) is 17.2 Å². The van der Waals surface area contributed by atoms with Crippen LogP contribution in [0.2, 0.25) is 0 Å². The first kappa shape index (κ1) is 16.6. The molecule has 24 heavy (non-hydrogen) atoms. The number of hydrogen-bond acceptors (Lipinski definition) is 5. The minimum atomic E-state index is -0.423. The third kappa shape index (κ3) is 3.05. The smallest absolute Gasteiger partial charge is 0.164 e. The second-order valence-electron chi connectivity index (χ2n) is 5.85. The van der Waals surface area contributed by atoms with Crippen LogP contribution in [0.15, 0.2) is 36.4 Å². The van der Waals surface area contributed by atoms with Crippen molar-refractivity contribution in [3.05, 3.63) is 53.1 Å². The summed E-state index contributed by atoms with van der Waals surface area (Å²) in [6.07, 6.45) is 0.255. The molecule has 0 aliphatic heterocycles. The molecular formula is C19H23NO4. The standard InChI is InChI=1S/C19H23NO4/c1-22-16-10-18(24-3)17(23-2)9-13(16)11-20-19-14-7-5-4-6-12(14)8-15(19)21/h4-7,9-10,15,19-21H,8,11H2,1-3H3/t15-,19+/m0/s1. The Morgan fingerprint density at radius 1 is 1.00 bits per heavy atom. The normalized spacial score (nSPS) is 19.0. The number of methoxy groups -OCH3 is 3. The fraction of sp³-hybridized carbons (Fsp3) is 0.368. The zero-order valence-electron chi connectivity index (χ0n) is 14.2. The van der Waals surface area contributed by atoms with Gasteiger partial charge < -0.3 is 24.6 Å². The van der Waals surface area contributed by atoms with Crippen molar-refractivity contribution in [3.63, 3.8) is 0 Å². The number of hydrogen-bond donors (Lipinski definition) is 2. The lowest BCUT2D eigenvalue weighted by atomic mass is 10.1. The number of benzene rings is 2. The number of ether oxygens (including phenoxy) is 3. The van der Waals surface area contributed by atoms with Gasteiger partial charge in [-0.1, -0.05) is 24.3 Å². The third-order valence-corrected chi connectivity index (χ3v) is 4.50. The average Bonchev–Trinajstić information content (AvgIpc) is 2.94. The maximum atomic E-state index is 10.4. The van der Waals surface area contributed by atoms with Gasteiger partial charge in [-0.3, -0.25) is 0 Å². The molecule has 0 spiro atoms. The van der Waals surface area contributed by atoms with Crippen molar-refractivity contribution in [1.82, 2.24) is 5.32 Å². The molecule has 0 bridgehead atoms. The van der Waals surface area contributed by atoms with Crippen LogP contribution in [0.1, 0.15) is 22.7 Å². The van der Waals surface area contributed by atoms with E-state index in [1.54, 1.807) is 21.3 Å². The summed E-state index contributed by atoms with van der Waals surface area (Å²) in [6.45, 7) is 0.555. The SMILES string of the molecule is COc1cc(OC)c(OC)cc1CN[C@@H]1c2ccccc2C[C@@H]1O. The largest absolute Gasteiger partial charge is 0.496 e. The van der Waals surface area contributed by atoms with Crippen LogP contribution in [0.3, 0.4) is 0 Å². The first-order valence-electron chi connectivity index (χ1n) is 7.96. The van der Waals surface area contributed by atoms with E-state index >= 15 is 0 Å². The van der Waals surface area contributed by atoms with Crippen LogP contribution in [-0.4, -0.2) is 32.5 Å². The van der Waals surface area contributed by atoms with Crippen molar-refractivity contribution in [2.45, 2.75) is 25.1 Å². The van der Waals surface area contributed by atoms with E-state index in [0.717, 1.165) is 16.9 Å². The van der Waals surface area contributed by atoms with Crippen LogP contribution in [0.25, 0.3) is 0 Å². The zero-order chi connectivity index (χ0) is 17.1. The number of fused-ring (bicyclic) bond motifs is 1. The Morgan fingerprint density at radius 2 is 1.67 bits per heavy atom. The van der Waals surface area contributed by atoms with Crippen molar-refractivity contribution >= 4 is 0 Å². The third-order valence-electron chi connectivity index (χ3n) is 4.50. The number of aliphatic hydroxyl groups is 1. The van der Waals surface area contributed by atoms with Crippen LogP contribution >= 0.6 is 0 Å². The maximum Gasteiger partial charge on any atom is 0.164 e. The fourth-order valence-electron chi connectivity index (χ4n) is 3.27. The van der Waals surface area contributed by atoms with Gasteiger partial charge in [-0.15, -0.1) is 0 Å². The number of aliphatic hydroxyl groups excluding tert-OH is 1. The molecular weight excluding hydrogens is 306 g/mol. The van der Waals surface area contributed by atoms with Gasteiger partial charge in [0.1, 0.15) is 5.75 Å². The minimum absolute atomic E-state index is 0.0843. The first-order chi connectivity index (χ1) is 11.7. The lowest BCUT2D eigenvalue weighted by molar-refractivity contribution is 0.140. The van der Waals surface area contributed by atoms with E-state index < -0.39 is 6.10 Å². The Balaban J connectivity index is 1.82. The van der Waals surface area contributed by atoms with E-state index in [-0.39, 0.29) is 6.04 Å². The molecule has 0 radical (unpaired) electrons. The molecule has 2 aromatic rings. The van der Waals surface area contributed by atoms with E-state index in [9.17, 15) is 5.11 Å². The molecule has 0 aromatic heterocycles. The summed E-state index contributed by atoms with van der Waals surface area (Å²) in [6, 6.07) is 11.8. The van der Waals surface area contributed by atoms with Gasteiger partial charge in [0.2, 0.25) is 0 Å². The van der Waals surface area contributed by atoms with Crippen LogP contribution in [0, 0.1) is 0 Å². The number of nitrogens with one attached hydrogen (secondary N) is 1. The quantitative estimate of drug-likeness (QED) is 0.852. The predicted octanol–water partition coefficient (Wildman–Crippen LogP) is 2.46. The van der Waals surface area contributed by atoms with Crippen molar-refractivity contribution in [2.24, 2.45) is 0 Å². The summed E-state index contributed by atoms with van der Waals surface area (Å²) in [7, 11) is 4.84. The van der Waals surface area contributed by atoms with E-state index in [2.05, 4.69) is 17.4 Å². The molecule has 2 N–H and O–H groups in total. The van der Waals surface area contributed by atoms with Crippen LogP contribution in [0.4, 0.5) is 0 Å². The zero-order valence-corrected chi connectivity index (χ0v) is 14.2. The first-order valence-corrected chi connectivity index (χ1v) is 7.96. The van der Waals surface area contributed by atoms with E-state index in [1.165, 1.54) is 5.56 Å². The summed E-state index contributed by atoms with van der Waals surface area (Å²) >= 11 is 0. The molecule has 1 aliphatic rings. The molecule has 2 aromatic carbocycles. The highest BCUT2D eigenvalue weighted by molar-refractivity contribution is 5.50. The molecule has 0 saturated heterocycles. The Morgan fingerprint density at radius 3 is 2.38 bits per heavy atom. The van der Waals surface area contributed by atoms with Crippen molar-refractivity contribution in [3.8, 4) is 17.2 Å². The van der Waals surface area contributed by atoms with Gasteiger partial charge in [-0.2, -0.15) is 0 Å². The van der Waals surface area contributed by atoms with Crippen LogP contribution < -0.4 is 19.5 Å². The second-order valence-corrected chi connectivity index (χ2v) is 5.85. The molecule has 0 unspecified atom stereocenters.